The van der Waals surface area contributed by atoms with E-state index >= 15 is 0 Å². The average Bonchev–Trinajstić information content (AvgIpc) is 2.23. The summed E-state index contributed by atoms with van der Waals surface area (Å²) in [6.07, 6.45) is 2.73. The van der Waals surface area contributed by atoms with Crippen molar-refractivity contribution in [2.24, 2.45) is 0 Å². The molecular formula is C11H17N3O. The van der Waals surface area contributed by atoms with Crippen molar-refractivity contribution < 1.29 is 4.74 Å². The van der Waals surface area contributed by atoms with Crippen LogP contribution >= 0.6 is 0 Å². The third-order valence-corrected chi connectivity index (χ3v) is 1.71. The zero-order chi connectivity index (χ0) is 11.1. The van der Waals surface area contributed by atoms with Gasteiger partial charge in [-0.2, -0.15) is 4.98 Å². The van der Waals surface area contributed by atoms with Crippen LogP contribution in [0.15, 0.2) is 18.7 Å². The maximum absolute atomic E-state index is 5.35. The Hall–Kier alpha value is -1.58. The number of anilines is 1. The summed E-state index contributed by atoms with van der Waals surface area (Å²) in [6.45, 7) is 8.92. The molecule has 0 bridgehead atoms. The minimum atomic E-state index is 0.462. The van der Waals surface area contributed by atoms with E-state index in [-0.39, 0.29) is 0 Å². The smallest absolute Gasteiger partial charge is 0.226 e. The summed E-state index contributed by atoms with van der Waals surface area (Å²) in [6, 6.07) is 1.81. The van der Waals surface area contributed by atoms with E-state index in [0.29, 0.717) is 18.4 Å². The standard InChI is InChI=1S/C11H17N3O/c1-4-6-12-11-13-9(3)8-10(14-11)15-7-5-2/h5,8H,2,4,6-7H2,1,3H3,(H,12,13,14). The van der Waals surface area contributed by atoms with Gasteiger partial charge in [0.25, 0.3) is 0 Å². The van der Waals surface area contributed by atoms with Gasteiger partial charge in [0.1, 0.15) is 6.61 Å². The first-order valence-corrected chi connectivity index (χ1v) is 5.09. The number of nitrogens with zero attached hydrogens (tertiary/aromatic N) is 2. The first kappa shape index (κ1) is 11.5. The van der Waals surface area contributed by atoms with Crippen LogP contribution in [-0.2, 0) is 0 Å². The molecule has 1 rings (SSSR count). The first-order valence-electron chi connectivity index (χ1n) is 5.09. The molecule has 0 unspecified atom stereocenters. The van der Waals surface area contributed by atoms with Crippen molar-refractivity contribution in [2.45, 2.75) is 20.3 Å². The van der Waals surface area contributed by atoms with Gasteiger partial charge in [0.2, 0.25) is 11.8 Å². The van der Waals surface area contributed by atoms with E-state index in [2.05, 4.69) is 28.8 Å². The average molecular weight is 207 g/mol. The van der Waals surface area contributed by atoms with Gasteiger partial charge in [0, 0.05) is 18.3 Å². The summed E-state index contributed by atoms with van der Waals surface area (Å²) in [4.78, 5) is 8.47. The van der Waals surface area contributed by atoms with Crippen molar-refractivity contribution in [2.75, 3.05) is 18.5 Å². The van der Waals surface area contributed by atoms with Gasteiger partial charge in [-0.15, -0.1) is 0 Å². The van der Waals surface area contributed by atoms with E-state index in [1.165, 1.54) is 0 Å². The molecule has 4 heteroatoms. The number of ether oxygens (including phenoxy) is 1. The van der Waals surface area contributed by atoms with Crippen LogP contribution in [0.5, 0.6) is 5.88 Å². The van der Waals surface area contributed by atoms with E-state index in [1.807, 2.05) is 6.92 Å². The number of nitrogens with one attached hydrogen (secondary N) is 1. The molecule has 0 atom stereocenters. The van der Waals surface area contributed by atoms with Gasteiger partial charge in [0.05, 0.1) is 0 Å². The van der Waals surface area contributed by atoms with Gasteiger partial charge < -0.3 is 10.1 Å². The Labute approximate surface area is 90.4 Å². The van der Waals surface area contributed by atoms with Crippen molar-refractivity contribution in [1.82, 2.24) is 9.97 Å². The van der Waals surface area contributed by atoms with Gasteiger partial charge in [-0.1, -0.05) is 19.6 Å². The molecule has 1 aromatic heterocycles. The van der Waals surface area contributed by atoms with E-state index < -0.39 is 0 Å². The second kappa shape index (κ2) is 6.01. The molecule has 0 aliphatic carbocycles. The molecule has 0 aliphatic rings. The van der Waals surface area contributed by atoms with Gasteiger partial charge >= 0.3 is 0 Å². The van der Waals surface area contributed by atoms with Crippen LogP contribution in [0.2, 0.25) is 0 Å². The lowest BCUT2D eigenvalue weighted by atomic mass is 10.4. The molecule has 0 saturated heterocycles. The van der Waals surface area contributed by atoms with Gasteiger partial charge in [-0.3, -0.25) is 0 Å². The summed E-state index contributed by atoms with van der Waals surface area (Å²) in [7, 11) is 0. The van der Waals surface area contributed by atoms with Crippen LogP contribution in [0.4, 0.5) is 5.95 Å². The van der Waals surface area contributed by atoms with Crippen LogP contribution in [0.1, 0.15) is 19.0 Å². The minimum Gasteiger partial charge on any atom is -0.473 e. The molecule has 82 valence electrons. The van der Waals surface area contributed by atoms with E-state index in [1.54, 1.807) is 12.1 Å². The Morgan fingerprint density at radius 3 is 3.00 bits per heavy atom. The first-order chi connectivity index (χ1) is 7.26. The summed E-state index contributed by atoms with van der Waals surface area (Å²) < 4.78 is 5.35. The highest BCUT2D eigenvalue weighted by molar-refractivity contribution is 5.30. The molecule has 0 aliphatic heterocycles. The van der Waals surface area contributed by atoms with E-state index in [0.717, 1.165) is 18.7 Å². The third-order valence-electron chi connectivity index (χ3n) is 1.71. The molecule has 15 heavy (non-hydrogen) atoms. The number of rotatable bonds is 6. The van der Waals surface area contributed by atoms with Crippen molar-refractivity contribution in [1.29, 1.82) is 0 Å². The highest BCUT2D eigenvalue weighted by atomic mass is 16.5. The van der Waals surface area contributed by atoms with Crippen molar-refractivity contribution in [3.05, 3.63) is 24.4 Å². The topological polar surface area (TPSA) is 47.0 Å². The van der Waals surface area contributed by atoms with E-state index in [4.69, 9.17) is 4.74 Å². The molecule has 0 aromatic carbocycles. The zero-order valence-corrected chi connectivity index (χ0v) is 9.29. The lowest BCUT2D eigenvalue weighted by Gasteiger charge is -2.07. The number of aryl methyl sites for hydroxylation is 1. The largest absolute Gasteiger partial charge is 0.473 e. The molecule has 1 aromatic rings. The fraction of sp³-hybridized carbons (Fsp3) is 0.455. The van der Waals surface area contributed by atoms with Crippen LogP contribution in [0.3, 0.4) is 0 Å². The Balaban J connectivity index is 2.70. The number of hydrogen-bond acceptors (Lipinski definition) is 4. The van der Waals surface area contributed by atoms with Crippen LogP contribution in [0, 0.1) is 6.92 Å². The predicted octanol–water partition coefficient (Wildman–Crippen LogP) is 2.17. The molecule has 0 amide bonds. The Morgan fingerprint density at radius 1 is 1.53 bits per heavy atom. The van der Waals surface area contributed by atoms with Crippen molar-refractivity contribution in [3.63, 3.8) is 0 Å². The lowest BCUT2D eigenvalue weighted by Crippen LogP contribution is -2.06. The monoisotopic (exact) mass is 207 g/mol. The van der Waals surface area contributed by atoms with Gasteiger partial charge in [-0.25, -0.2) is 4.98 Å². The maximum atomic E-state index is 5.35. The minimum absolute atomic E-state index is 0.462. The highest BCUT2D eigenvalue weighted by Crippen LogP contribution is 2.11. The summed E-state index contributed by atoms with van der Waals surface area (Å²) >= 11 is 0. The molecule has 0 saturated carbocycles. The second-order valence-electron chi connectivity index (χ2n) is 3.20. The molecule has 1 heterocycles. The molecule has 0 radical (unpaired) electrons. The second-order valence-corrected chi connectivity index (χ2v) is 3.20. The number of aromatic nitrogens is 2. The van der Waals surface area contributed by atoms with Crippen molar-refractivity contribution >= 4 is 5.95 Å². The summed E-state index contributed by atoms with van der Waals surface area (Å²) in [5, 5.41) is 3.12. The zero-order valence-electron chi connectivity index (χ0n) is 9.29. The fourth-order valence-electron chi connectivity index (χ4n) is 1.07. The Morgan fingerprint density at radius 2 is 2.33 bits per heavy atom. The van der Waals surface area contributed by atoms with Crippen LogP contribution < -0.4 is 10.1 Å². The maximum Gasteiger partial charge on any atom is 0.226 e. The quantitative estimate of drug-likeness (QED) is 0.726. The molecule has 4 nitrogen and oxygen atoms in total. The Kier molecular flexibility index (Phi) is 4.60. The summed E-state index contributed by atoms with van der Waals surface area (Å²) in [5.74, 6) is 1.21. The van der Waals surface area contributed by atoms with E-state index in [9.17, 15) is 0 Å². The van der Waals surface area contributed by atoms with Crippen LogP contribution in [-0.4, -0.2) is 23.1 Å². The fourth-order valence-corrected chi connectivity index (χ4v) is 1.07. The highest BCUT2D eigenvalue weighted by Gasteiger charge is 2.01. The molecule has 0 fully saturated rings. The Bertz CT molecular complexity index is 326. The lowest BCUT2D eigenvalue weighted by molar-refractivity contribution is 0.348. The SMILES string of the molecule is C=CCOc1cc(C)nc(NCCC)n1. The third kappa shape index (κ3) is 3.97. The van der Waals surface area contributed by atoms with Crippen molar-refractivity contribution in [3.8, 4) is 5.88 Å². The van der Waals surface area contributed by atoms with Crippen LogP contribution in [0.25, 0.3) is 0 Å². The van der Waals surface area contributed by atoms with Gasteiger partial charge in [-0.05, 0) is 13.3 Å². The number of hydrogen-bond donors (Lipinski definition) is 1. The molecule has 1 N–H and O–H groups in total. The summed E-state index contributed by atoms with van der Waals surface area (Å²) in [5.41, 5.74) is 0.891. The predicted molar refractivity (Wildman–Crippen MR) is 61.2 cm³/mol. The van der Waals surface area contributed by atoms with Gasteiger partial charge in [0.15, 0.2) is 0 Å². The molecule has 0 spiro atoms. The molecular weight excluding hydrogens is 190 g/mol. The normalized spacial score (nSPS) is 9.73.